The number of rotatable bonds is 5. The van der Waals surface area contributed by atoms with Gasteiger partial charge in [-0.25, -0.2) is 9.78 Å². The van der Waals surface area contributed by atoms with Gasteiger partial charge in [-0.05, 0) is 12.1 Å². The van der Waals surface area contributed by atoms with Crippen LogP contribution in [-0.2, 0) is 6.42 Å². The van der Waals surface area contributed by atoms with Crippen LogP contribution >= 0.6 is 11.6 Å². The van der Waals surface area contributed by atoms with Crippen LogP contribution in [0, 0.1) is 0 Å². The average Bonchev–Trinajstić information content (AvgIpc) is 3.07. The minimum absolute atomic E-state index is 0.314. The highest BCUT2D eigenvalue weighted by atomic mass is 35.5. The molecule has 1 aromatic heterocycles. The predicted molar refractivity (Wildman–Crippen MR) is 94.0 cm³/mol. The van der Waals surface area contributed by atoms with E-state index in [2.05, 4.69) is 25.8 Å². The number of aromatic nitrogens is 3. The lowest BCUT2D eigenvalue weighted by Crippen LogP contribution is -2.30. The number of H-pyrrole nitrogens is 1. The molecule has 0 aliphatic rings. The summed E-state index contributed by atoms with van der Waals surface area (Å²) in [4.78, 5) is 16.3. The third kappa shape index (κ3) is 4.11. The van der Waals surface area contributed by atoms with E-state index >= 15 is 0 Å². The molecule has 6 nitrogen and oxygen atoms in total. The Hall–Kier alpha value is -2.86. The van der Waals surface area contributed by atoms with Gasteiger partial charge in [0.2, 0.25) is 0 Å². The van der Waals surface area contributed by atoms with Crippen molar-refractivity contribution in [1.82, 2.24) is 20.5 Å². The second kappa shape index (κ2) is 7.61. The van der Waals surface area contributed by atoms with Gasteiger partial charge < -0.3 is 10.6 Å². The van der Waals surface area contributed by atoms with Gasteiger partial charge in [-0.3, -0.25) is 5.10 Å². The molecule has 2 aromatic carbocycles. The molecule has 0 fully saturated rings. The lowest BCUT2D eigenvalue weighted by atomic mass is 10.2. The Bertz CT molecular complexity index is 819. The van der Waals surface area contributed by atoms with Gasteiger partial charge >= 0.3 is 6.03 Å². The molecule has 3 N–H and O–H groups in total. The summed E-state index contributed by atoms with van der Waals surface area (Å²) in [5.74, 6) is 1.36. The van der Waals surface area contributed by atoms with Crippen LogP contribution in [-0.4, -0.2) is 27.8 Å². The number of hydrogen-bond donors (Lipinski definition) is 3. The lowest BCUT2D eigenvalue weighted by Gasteiger charge is -2.08. The first-order valence-electron chi connectivity index (χ1n) is 7.48. The summed E-state index contributed by atoms with van der Waals surface area (Å²) in [6.07, 6.45) is 0.551. The number of benzene rings is 2. The van der Waals surface area contributed by atoms with Crippen molar-refractivity contribution >= 4 is 23.3 Å². The molecule has 0 bridgehead atoms. The molecule has 0 atom stereocenters. The molecule has 0 saturated heterocycles. The standard InChI is InChI=1S/C17H16ClN5O/c18-13-8-4-5-9-14(13)20-17(24)19-11-10-15-21-16(23-22-15)12-6-2-1-3-7-12/h1-9H,10-11H2,(H2,19,20,24)(H,21,22,23). The Kier molecular flexibility index (Phi) is 5.08. The number of aromatic amines is 1. The van der Waals surface area contributed by atoms with E-state index in [4.69, 9.17) is 11.6 Å². The number of halogens is 1. The van der Waals surface area contributed by atoms with E-state index in [-0.39, 0.29) is 6.03 Å². The molecule has 122 valence electrons. The van der Waals surface area contributed by atoms with Crippen LogP contribution in [0.15, 0.2) is 54.6 Å². The van der Waals surface area contributed by atoms with Crippen molar-refractivity contribution in [2.45, 2.75) is 6.42 Å². The highest BCUT2D eigenvalue weighted by Crippen LogP contribution is 2.20. The van der Waals surface area contributed by atoms with Gasteiger partial charge in [0.05, 0.1) is 10.7 Å². The smallest absolute Gasteiger partial charge is 0.319 e. The van der Waals surface area contributed by atoms with Crippen LogP contribution in [0.1, 0.15) is 5.82 Å². The summed E-state index contributed by atoms with van der Waals surface area (Å²) >= 11 is 5.99. The molecular weight excluding hydrogens is 326 g/mol. The van der Waals surface area contributed by atoms with E-state index < -0.39 is 0 Å². The van der Waals surface area contributed by atoms with E-state index in [0.29, 0.717) is 35.3 Å². The number of nitrogens with zero attached hydrogens (tertiary/aromatic N) is 2. The zero-order chi connectivity index (χ0) is 16.8. The van der Waals surface area contributed by atoms with E-state index in [0.717, 1.165) is 5.56 Å². The molecule has 7 heteroatoms. The van der Waals surface area contributed by atoms with E-state index in [1.807, 2.05) is 30.3 Å². The van der Waals surface area contributed by atoms with E-state index in [1.165, 1.54) is 0 Å². The van der Waals surface area contributed by atoms with Gasteiger partial charge in [-0.2, -0.15) is 5.10 Å². The normalized spacial score (nSPS) is 10.4. The molecule has 3 rings (SSSR count). The van der Waals surface area contributed by atoms with Gasteiger partial charge in [-0.1, -0.05) is 54.1 Å². The molecule has 1 heterocycles. The maximum Gasteiger partial charge on any atom is 0.319 e. The molecule has 0 radical (unpaired) electrons. The molecule has 0 spiro atoms. The Balaban J connectivity index is 1.49. The van der Waals surface area contributed by atoms with Gasteiger partial charge in [0.1, 0.15) is 5.82 Å². The molecule has 3 aromatic rings. The lowest BCUT2D eigenvalue weighted by molar-refractivity contribution is 0.252. The second-order valence-corrected chi connectivity index (χ2v) is 5.49. The molecule has 24 heavy (non-hydrogen) atoms. The van der Waals surface area contributed by atoms with Crippen LogP contribution in [0.4, 0.5) is 10.5 Å². The van der Waals surface area contributed by atoms with Crippen molar-refractivity contribution in [3.05, 3.63) is 65.4 Å². The van der Waals surface area contributed by atoms with Crippen molar-refractivity contribution in [3.8, 4) is 11.4 Å². The maximum absolute atomic E-state index is 11.9. The molecule has 2 amide bonds. The molecule has 0 aliphatic carbocycles. The number of carbonyl (C=O) groups is 1. The highest BCUT2D eigenvalue weighted by molar-refractivity contribution is 6.33. The van der Waals surface area contributed by atoms with Crippen LogP contribution in [0.2, 0.25) is 5.02 Å². The second-order valence-electron chi connectivity index (χ2n) is 5.08. The monoisotopic (exact) mass is 341 g/mol. The van der Waals surface area contributed by atoms with Crippen molar-refractivity contribution in [2.24, 2.45) is 0 Å². The van der Waals surface area contributed by atoms with Crippen molar-refractivity contribution in [3.63, 3.8) is 0 Å². The van der Waals surface area contributed by atoms with Crippen molar-refractivity contribution in [1.29, 1.82) is 0 Å². The Morgan fingerprint density at radius 3 is 2.62 bits per heavy atom. The fraction of sp³-hybridized carbons (Fsp3) is 0.118. The number of nitrogens with one attached hydrogen (secondary N) is 3. The third-order valence-electron chi connectivity index (χ3n) is 3.33. The predicted octanol–water partition coefficient (Wildman–Crippen LogP) is 3.49. The zero-order valence-corrected chi connectivity index (χ0v) is 13.5. The van der Waals surface area contributed by atoms with Crippen LogP contribution < -0.4 is 10.6 Å². The van der Waals surface area contributed by atoms with Gasteiger partial charge in [0.25, 0.3) is 0 Å². The highest BCUT2D eigenvalue weighted by Gasteiger charge is 2.07. The molecule has 0 unspecified atom stereocenters. The van der Waals surface area contributed by atoms with Gasteiger partial charge in [-0.15, -0.1) is 0 Å². The average molecular weight is 342 g/mol. The quantitative estimate of drug-likeness (QED) is 0.664. The number of amides is 2. The number of carbonyl (C=O) groups excluding carboxylic acids is 1. The van der Waals surface area contributed by atoms with Crippen LogP contribution in [0.3, 0.4) is 0 Å². The first-order valence-corrected chi connectivity index (χ1v) is 7.86. The summed E-state index contributed by atoms with van der Waals surface area (Å²) in [5.41, 5.74) is 1.52. The zero-order valence-electron chi connectivity index (χ0n) is 12.8. The minimum Gasteiger partial charge on any atom is -0.337 e. The first-order chi connectivity index (χ1) is 11.7. The fourth-order valence-corrected chi connectivity index (χ4v) is 2.33. The first kappa shape index (κ1) is 16.0. The summed E-state index contributed by atoms with van der Waals surface area (Å²) in [7, 11) is 0. The summed E-state index contributed by atoms with van der Waals surface area (Å²) in [5, 5.41) is 13.0. The van der Waals surface area contributed by atoms with E-state index in [9.17, 15) is 4.79 Å². The molecule has 0 saturated carbocycles. The summed E-state index contributed by atoms with van der Waals surface area (Å²) < 4.78 is 0. The topological polar surface area (TPSA) is 82.7 Å². The minimum atomic E-state index is -0.314. The number of urea groups is 1. The van der Waals surface area contributed by atoms with Gasteiger partial charge in [0, 0.05) is 18.5 Å². The van der Waals surface area contributed by atoms with Crippen LogP contribution in [0.5, 0.6) is 0 Å². The maximum atomic E-state index is 11.9. The summed E-state index contributed by atoms with van der Waals surface area (Å²) in [6.45, 7) is 0.430. The van der Waals surface area contributed by atoms with E-state index in [1.54, 1.807) is 24.3 Å². The SMILES string of the molecule is O=C(NCCc1nc(-c2ccccc2)n[nH]1)Nc1ccccc1Cl. The Morgan fingerprint density at radius 1 is 1.08 bits per heavy atom. The third-order valence-corrected chi connectivity index (χ3v) is 3.66. The number of hydrogen-bond acceptors (Lipinski definition) is 3. The van der Waals surface area contributed by atoms with Gasteiger partial charge in [0.15, 0.2) is 5.82 Å². The molecular formula is C17H16ClN5O. The summed E-state index contributed by atoms with van der Waals surface area (Å²) in [6, 6.07) is 16.5. The Morgan fingerprint density at radius 2 is 1.83 bits per heavy atom. The number of anilines is 1. The van der Waals surface area contributed by atoms with Crippen molar-refractivity contribution in [2.75, 3.05) is 11.9 Å². The largest absolute Gasteiger partial charge is 0.337 e. The fourth-order valence-electron chi connectivity index (χ4n) is 2.15. The molecule has 0 aliphatic heterocycles. The van der Waals surface area contributed by atoms with Crippen LogP contribution in [0.25, 0.3) is 11.4 Å². The van der Waals surface area contributed by atoms with Crippen molar-refractivity contribution < 1.29 is 4.79 Å². The number of para-hydroxylation sites is 1. The Labute approximate surface area is 144 Å².